The molecule has 0 heterocycles. The lowest BCUT2D eigenvalue weighted by molar-refractivity contribution is 0.377. The second kappa shape index (κ2) is 2.76. The van der Waals surface area contributed by atoms with Crippen molar-refractivity contribution in [3.8, 4) is 0 Å². The summed E-state index contributed by atoms with van der Waals surface area (Å²) in [6.45, 7) is 0. The van der Waals surface area contributed by atoms with Crippen LogP contribution in [-0.2, 0) is 9.13 Å². The maximum atomic E-state index is 9.80. The van der Waals surface area contributed by atoms with Gasteiger partial charge in [-0.25, -0.2) is 0 Å². The minimum Gasteiger partial charge on any atom is -0.346 e. The zero-order valence-corrected chi connectivity index (χ0v) is 5.71. The highest BCUT2D eigenvalue weighted by atomic mass is 31.2. The van der Waals surface area contributed by atoms with Crippen molar-refractivity contribution in [3.05, 3.63) is 0 Å². The summed E-state index contributed by atoms with van der Waals surface area (Å²) in [7, 11) is -7.24. The smallest absolute Gasteiger partial charge is 0.334 e. The quantitative estimate of drug-likeness (QED) is 0.477. The summed E-state index contributed by atoms with van der Waals surface area (Å²) in [6, 6.07) is 0. The van der Waals surface area contributed by atoms with Crippen molar-refractivity contribution in [2.75, 3.05) is 5.90 Å². The first-order chi connectivity index (χ1) is 3.42. The van der Waals surface area contributed by atoms with E-state index in [0.717, 1.165) is 0 Å². The standard InChI is InChI=1S/CH6O5P2/c2-7(3)1-8(4,5)6/h7H,1H2,(H,2,3)(H2,4,5,6). The first-order valence-corrected chi connectivity index (χ1v) is 5.04. The minimum atomic E-state index is -4.24. The molecular weight excluding hydrogens is 154 g/mol. The number of rotatable bonds is 2. The van der Waals surface area contributed by atoms with E-state index >= 15 is 0 Å². The van der Waals surface area contributed by atoms with Crippen LogP contribution in [0.25, 0.3) is 0 Å². The average Bonchev–Trinajstić information content (AvgIpc) is 1.21. The summed E-state index contributed by atoms with van der Waals surface area (Å²) >= 11 is 0. The third-order valence-electron chi connectivity index (χ3n) is 0.341. The van der Waals surface area contributed by atoms with Gasteiger partial charge in [-0.1, -0.05) is 0 Å². The molecule has 1 atom stereocenters. The fourth-order valence-corrected chi connectivity index (χ4v) is 1.59. The van der Waals surface area contributed by atoms with Crippen molar-refractivity contribution >= 4 is 15.6 Å². The Morgan fingerprint density at radius 2 is 1.88 bits per heavy atom. The van der Waals surface area contributed by atoms with Crippen LogP contribution < -0.4 is 0 Å². The van der Waals surface area contributed by atoms with Crippen molar-refractivity contribution in [3.63, 3.8) is 0 Å². The summed E-state index contributed by atoms with van der Waals surface area (Å²) in [6.07, 6.45) is 0. The highest BCUT2D eigenvalue weighted by Gasteiger charge is 2.14. The molecule has 0 aliphatic carbocycles. The molecule has 0 fully saturated rings. The van der Waals surface area contributed by atoms with Gasteiger partial charge >= 0.3 is 7.60 Å². The van der Waals surface area contributed by atoms with E-state index in [9.17, 15) is 9.13 Å². The van der Waals surface area contributed by atoms with Crippen LogP contribution in [0.5, 0.6) is 0 Å². The lowest BCUT2D eigenvalue weighted by Crippen LogP contribution is -1.78. The zero-order valence-electron chi connectivity index (χ0n) is 3.81. The van der Waals surface area contributed by atoms with Crippen LogP contribution in [-0.4, -0.2) is 20.6 Å². The third kappa shape index (κ3) is 6.34. The lowest BCUT2D eigenvalue weighted by Gasteiger charge is -1.96. The van der Waals surface area contributed by atoms with Crippen molar-refractivity contribution < 1.29 is 23.8 Å². The molecule has 50 valence electrons. The van der Waals surface area contributed by atoms with Crippen LogP contribution in [0.1, 0.15) is 0 Å². The lowest BCUT2D eigenvalue weighted by atomic mass is 11.9. The van der Waals surface area contributed by atoms with Crippen molar-refractivity contribution in [1.82, 2.24) is 0 Å². The second-order valence-corrected chi connectivity index (χ2v) is 4.60. The van der Waals surface area contributed by atoms with E-state index in [1.54, 1.807) is 0 Å². The first-order valence-electron chi connectivity index (χ1n) is 1.68. The molecule has 0 saturated heterocycles. The molecule has 5 nitrogen and oxygen atoms in total. The Balaban J connectivity index is 3.74. The predicted molar refractivity (Wildman–Crippen MR) is 28.1 cm³/mol. The summed E-state index contributed by atoms with van der Waals surface area (Å²) in [5.74, 6) is -0.905. The van der Waals surface area contributed by atoms with Gasteiger partial charge in [0.15, 0.2) is 0 Å². The van der Waals surface area contributed by atoms with E-state index in [1.165, 1.54) is 0 Å². The molecule has 0 aliphatic rings. The van der Waals surface area contributed by atoms with Gasteiger partial charge in [0, 0.05) is 0 Å². The maximum absolute atomic E-state index is 9.80. The molecule has 7 heteroatoms. The van der Waals surface area contributed by atoms with Crippen LogP contribution in [0.2, 0.25) is 0 Å². The van der Waals surface area contributed by atoms with Crippen LogP contribution in [0.4, 0.5) is 0 Å². The molecule has 0 aromatic carbocycles. The molecule has 0 saturated carbocycles. The van der Waals surface area contributed by atoms with E-state index in [4.69, 9.17) is 14.7 Å². The molecule has 0 bridgehead atoms. The van der Waals surface area contributed by atoms with E-state index < -0.39 is 21.5 Å². The Labute approximate surface area is 46.4 Å². The van der Waals surface area contributed by atoms with Gasteiger partial charge in [-0.15, -0.1) is 0 Å². The van der Waals surface area contributed by atoms with Gasteiger partial charge in [-0.2, -0.15) is 0 Å². The molecule has 0 radical (unpaired) electrons. The van der Waals surface area contributed by atoms with E-state index in [-0.39, 0.29) is 0 Å². The SMILES string of the molecule is O=[PH](O)CP(=O)(O)O. The number of hydrogen-bond acceptors (Lipinski definition) is 2. The van der Waals surface area contributed by atoms with Crippen molar-refractivity contribution in [2.24, 2.45) is 0 Å². The molecule has 1 unspecified atom stereocenters. The van der Waals surface area contributed by atoms with E-state index in [1.807, 2.05) is 0 Å². The largest absolute Gasteiger partial charge is 0.346 e. The Morgan fingerprint density at radius 1 is 1.50 bits per heavy atom. The summed E-state index contributed by atoms with van der Waals surface area (Å²) in [5, 5.41) is 0. The predicted octanol–water partition coefficient (Wildman–Crippen LogP) is -0.411. The van der Waals surface area contributed by atoms with Crippen LogP contribution in [0.3, 0.4) is 0 Å². The van der Waals surface area contributed by atoms with Gasteiger partial charge in [-0.05, 0) is 0 Å². The zero-order chi connectivity index (χ0) is 6.78. The molecule has 8 heavy (non-hydrogen) atoms. The molecule has 0 rings (SSSR count). The topological polar surface area (TPSA) is 94.8 Å². The van der Waals surface area contributed by atoms with E-state index in [0.29, 0.717) is 0 Å². The highest BCUT2D eigenvalue weighted by Crippen LogP contribution is 2.42. The fraction of sp³-hybridized carbons (Fsp3) is 1.00. The van der Waals surface area contributed by atoms with Gasteiger partial charge in [0.05, 0.1) is 0 Å². The molecule has 0 aromatic rings. The van der Waals surface area contributed by atoms with Crippen molar-refractivity contribution in [1.29, 1.82) is 0 Å². The number of hydrogen-bond donors (Lipinski definition) is 3. The van der Waals surface area contributed by atoms with Crippen molar-refractivity contribution in [2.45, 2.75) is 0 Å². The van der Waals surface area contributed by atoms with Gasteiger partial charge in [-0.3, -0.25) is 9.13 Å². The molecule has 0 spiro atoms. The fourth-order valence-electron chi connectivity index (χ4n) is 0.176. The molecule has 0 amide bonds. The Hall–Kier alpha value is 0.340. The minimum absolute atomic E-state index is 0.905. The van der Waals surface area contributed by atoms with Crippen LogP contribution >= 0.6 is 15.6 Å². The summed E-state index contributed by atoms with van der Waals surface area (Å²) in [4.78, 5) is 23.9. The Bertz CT molecular complexity index is 133. The maximum Gasteiger partial charge on any atom is 0.334 e. The molecule has 3 N–H and O–H groups in total. The normalized spacial score (nSPS) is 15.9. The van der Waals surface area contributed by atoms with Crippen LogP contribution in [0, 0.1) is 0 Å². The molecule has 0 aromatic heterocycles. The van der Waals surface area contributed by atoms with Gasteiger partial charge in [0.25, 0.3) is 0 Å². The average molecular weight is 160 g/mol. The van der Waals surface area contributed by atoms with Gasteiger partial charge in [0.1, 0.15) is 5.90 Å². The molecule has 0 aliphatic heterocycles. The summed E-state index contributed by atoms with van der Waals surface area (Å²) in [5.41, 5.74) is 0. The highest BCUT2D eigenvalue weighted by molar-refractivity contribution is 7.64. The van der Waals surface area contributed by atoms with Crippen LogP contribution in [0.15, 0.2) is 0 Å². The van der Waals surface area contributed by atoms with Gasteiger partial charge in [0.2, 0.25) is 8.03 Å². The first kappa shape index (κ1) is 8.34. The monoisotopic (exact) mass is 160 g/mol. The second-order valence-electron chi connectivity index (χ2n) is 1.22. The summed E-state index contributed by atoms with van der Waals surface area (Å²) < 4.78 is 19.5. The Kier molecular flexibility index (Phi) is 2.88. The third-order valence-corrected chi connectivity index (χ3v) is 3.07. The molecular formula is CH6O5P2. The Morgan fingerprint density at radius 3 is 1.88 bits per heavy atom. The van der Waals surface area contributed by atoms with E-state index in [2.05, 4.69) is 0 Å². The van der Waals surface area contributed by atoms with Gasteiger partial charge < -0.3 is 14.7 Å².